The molecule has 0 unspecified atom stereocenters. The smallest absolute Gasteiger partial charge is 0.191 e. The Labute approximate surface area is 139 Å². The number of thiocarbonyl (C=S) groups is 1. The first-order valence-corrected chi connectivity index (χ1v) is 7.47. The SMILES string of the molecule is COc1ccc(NC(=S)N/N=C\c2c[nH]c3ccccc23)cc1. The minimum Gasteiger partial charge on any atom is -0.497 e. The largest absolute Gasteiger partial charge is 0.497 e. The molecule has 6 heteroatoms. The van der Waals surface area contributed by atoms with E-state index in [9.17, 15) is 0 Å². The maximum Gasteiger partial charge on any atom is 0.191 e. The Balaban J connectivity index is 1.59. The first kappa shape index (κ1) is 15.1. The molecule has 0 amide bonds. The van der Waals surface area contributed by atoms with Gasteiger partial charge in [0.15, 0.2) is 5.11 Å². The van der Waals surface area contributed by atoms with Gasteiger partial charge in [-0.25, -0.2) is 0 Å². The maximum absolute atomic E-state index is 5.21. The predicted molar refractivity (Wildman–Crippen MR) is 98.2 cm³/mol. The molecule has 0 aliphatic rings. The number of H-pyrrole nitrogens is 1. The molecule has 3 rings (SSSR count). The molecule has 5 nitrogen and oxygen atoms in total. The third-order valence-electron chi connectivity index (χ3n) is 3.34. The summed E-state index contributed by atoms with van der Waals surface area (Å²) in [7, 11) is 1.63. The predicted octanol–water partition coefficient (Wildman–Crippen LogP) is 3.50. The van der Waals surface area contributed by atoms with Crippen molar-refractivity contribution in [3.63, 3.8) is 0 Å². The van der Waals surface area contributed by atoms with Gasteiger partial charge in [-0.1, -0.05) is 18.2 Å². The summed E-state index contributed by atoms with van der Waals surface area (Å²) in [5, 5.41) is 8.76. The number of ether oxygens (including phenoxy) is 1. The minimum absolute atomic E-state index is 0.422. The molecule has 2 aromatic carbocycles. The second kappa shape index (κ2) is 6.93. The second-order valence-electron chi connectivity index (χ2n) is 4.84. The highest BCUT2D eigenvalue weighted by Gasteiger charge is 2.00. The van der Waals surface area contributed by atoms with Crippen LogP contribution in [0, 0.1) is 0 Å². The van der Waals surface area contributed by atoms with Crippen LogP contribution in [0.4, 0.5) is 5.69 Å². The van der Waals surface area contributed by atoms with Crippen LogP contribution >= 0.6 is 12.2 Å². The summed E-state index contributed by atoms with van der Waals surface area (Å²) in [6.07, 6.45) is 3.65. The van der Waals surface area contributed by atoms with Gasteiger partial charge in [-0.15, -0.1) is 0 Å². The van der Waals surface area contributed by atoms with Crippen LogP contribution in [0.1, 0.15) is 5.56 Å². The highest BCUT2D eigenvalue weighted by Crippen LogP contribution is 2.16. The maximum atomic E-state index is 5.21. The zero-order valence-corrected chi connectivity index (χ0v) is 13.4. The van der Waals surface area contributed by atoms with Gasteiger partial charge < -0.3 is 15.0 Å². The third kappa shape index (κ3) is 3.67. The van der Waals surface area contributed by atoms with E-state index in [2.05, 4.69) is 20.8 Å². The standard InChI is InChI=1S/C17H16N4OS/c1-22-14-8-6-13(7-9-14)20-17(23)21-19-11-12-10-18-16-5-3-2-4-15(12)16/h2-11,18H,1H3,(H2,20,21,23)/b19-11-. The monoisotopic (exact) mass is 324 g/mol. The average molecular weight is 324 g/mol. The van der Waals surface area contributed by atoms with E-state index in [4.69, 9.17) is 17.0 Å². The second-order valence-corrected chi connectivity index (χ2v) is 5.25. The third-order valence-corrected chi connectivity index (χ3v) is 3.53. The number of aromatic amines is 1. The van der Waals surface area contributed by atoms with Gasteiger partial charge in [0.25, 0.3) is 0 Å². The number of nitrogens with zero attached hydrogens (tertiary/aromatic N) is 1. The van der Waals surface area contributed by atoms with Crippen LogP contribution in [0.5, 0.6) is 5.75 Å². The van der Waals surface area contributed by atoms with Crippen LogP contribution in [-0.2, 0) is 0 Å². The molecule has 0 saturated carbocycles. The van der Waals surface area contributed by atoms with Crippen LogP contribution in [0.3, 0.4) is 0 Å². The fraction of sp³-hybridized carbons (Fsp3) is 0.0588. The average Bonchev–Trinajstić information content (AvgIpc) is 2.99. The zero-order chi connectivity index (χ0) is 16.1. The lowest BCUT2D eigenvalue weighted by molar-refractivity contribution is 0.415. The van der Waals surface area contributed by atoms with Crippen LogP contribution in [0.2, 0.25) is 0 Å². The lowest BCUT2D eigenvalue weighted by atomic mass is 10.2. The van der Waals surface area contributed by atoms with Gasteiger partial charge in [0.05, 0.1) is 13.3 Å². The number of hydrogen-bond acceptors (Lipinski definition) is 3. The molecule has 1 aromatic heterocycles. The highest BCUT2D eigenvalue weighted by molar-refractivity contribution is 7.80. The number of rotatable bonds is 4. The number of aromatic nitrogens is 1. The van der Waals surface area contributed by atoms with Crippen molar-refractivity contribution in [2.75, 3.05) is 12.4 Å². The number of benzene rings is 2. The van der Waals surface area contributed by atoms with Gasteiger partial charge in [0.1, 0.15) is 5.75 Å². The van der Waals surface area contributed by atoms with Crippen LogP contribution in [0.15, 0.2) is 59.8 Å². The van der Waals surface area contributed by atoms with E-state index in [1.807, 2.05) is 54.7 Å². The molecule has 0 fully saturated rings. The molecule has 23 heavy (non-hydrogen) atoms. The number of methoxy groups -OCH3 is 1. The zero-order valence-electron chi connectivity index (χ0n) is 12.5. The van der Waals surface area contributed by atoms with Gasteiger partial charge in [0.2, 0.25) is 0 Å². The molecule has 0 aliphatic heterocycles. The number of anilines is 1. The molecule has 0 atom stereocenters. The number of fused-ring (bicyclic) bond motifs is 1. The van der Waals surface area contributed by atoms with Crippen molar-refractivity contribution in [1.82, 2.24) is 10.4 Å². The number of nitrogens with one attached hydrogen (secondary N) is 3. The Hall–Kier alpha value is -2.86. The Morgan fingerprint density at radius 2 is 1.96 bits per heavy atom. The van der Waals surface area contributed by atoms with Crippen molar-refractivity contribution < 1.29 is 4.74 Å². The van der Waals surface area contributed by atoms with Gasteiger partial charge in [-0.3, -0.25) is 5.43 Å². The van der Waals surface area contributed by atoms with E-state index in [-0.39, 0.29) is 0 Å². The van der Waals surface area contributed by atoms with E-state index in [1.54, 1.807) is 13.3 Å². The summed E-state index contributed by atoms with van der Waals surface area (Å²) in [5.41, 5.74) is 5.75. The Bertz CT molecular complexity index is 839. The van der Waals surface area contributed by atoms with Crippen molar-refractivity contribution in [2.24, 2.45) is 5.10 Å². The van der Waals surface area contributed by atoms with Crippen LogP contribution < -0.4 is 15.5 Å². The Kier molecular flexibility index (Phi) is 4.54. The number of hydrazone groups is 1. The van der Waals surface area contributed by atoms with Crippen molar-refractivity contribution in [1.29, 1.82) is 0 Å². The normalized spacial score (nSPS) is 10.8. The lowest BCUT2D eigenvalue weighted by Crippen LogP contribution is -2.23. The Morgan fingerprint density at radius 1 is 1.17 bits per heavy atom. The minimum atomic E-state index is 0.422. The molecule has 0 spiro atoms. The van der Waals surface area contributed by atoms with Gasteiger partial charge in [-0.2, -0.15) is 5.10 Å². The molecule has 3 N–H and O–H groups in total. The quantitative estimate of drug-likeness (QED) is 0.390. The summed E-state index contributed by atoms with van der Waals surface area (Å²) in [4.78, 5) is 3.20. The van der Waals surface area contributed by atoms with Crippen molar-refractivity contribution in [3.05, 3.63) is 60.3 Å². The number of hydrogen-bond donors (Lipinski definition) is 3. The van der Waals surface area contributed by atoms with Gasteiger partial charge in [-0.05, 0) is 42.5 Å². The summed E-state index contributed by atoms with van der Waals surface area (Å²) >= 11 is 5.21. The molecular weight excluding hydrogens is 308 g/mol. The molecular formula is C17H16N4OS. The summed E-state index contributed by atoms with van der Waals surface area (Å²) in [5.74, 6) is 0.798. The van der Waals surface area contributed by atoms with Gasteiger partial charge >= 0.3 is 0 Å². The first-order chi connectivity index (χ1) is 11.3. The van der Waals surface area contributed by atoms with Crippen LogP contribution in [0.25, 0.3) is 10.9 Å². The highest BCUT2D eigenvalue weighted by atomic mass is 32.1. The van der Waals surface area contributed by atoms with E-state index < -0.39 is 0 Å². The van der Waals surface area contributed by atoms with E-state index in [0.29, 0.717) is 5.11 Å². The molecule has 0 saturated heterocycles. The summed E-state index contributed by atoms with van der Waals surface area (Å²) in [6.45, 7) is 0. The molecule has 0 aliphatic carbocycles. The molecule has 0 radical (unpaired) electrons. The fourth-order valence-corrected chi connectivity index (χ4v) is 2.37. The Morgan fingerprint density at radius 3 is 2.74 bits per heavy atom. The summed E-state index contributed by atoms with van der Waals surface area (Å²) < 4.78 is 5.11. The van der Waals surface area contributed by atoms with Gasteiger partial charge in [0, 0.05) is 28.4 Å². The van der Waals surface area contributed by atoms with E-state index in [0.717, 1.165) is 27.9 Å². The van der Waals surface area contributed by atoms with E-state index >= 15 is 0 Å². The van der Waals surface area contributed by atoms with Crippen molar-refractivity contribution in [2.45, 2.75) is 0 Å². The van der Waals surface area contributed by atoms with Crippen molar-refractivity contribution in [3.8, 4) is 5.75 Å². The topological polar surface area (TPSA) is 61.4 Å². The molecule has 0 bridgehead atoms. The molecule has 3 aromatic rings. The van der Waals surface area contributed by atoms with Crippen molar-refractivity contribution >= 4 is 40.1 Å². The van der Waals surface area contributed by atoms with Crippen LogP contribution in [-0.4, -0.2) is 23.4 Å². The first-order valence-electron chi connectivity index (χ1n) is 7.06. The van der Waals surface area contributed by atoms with E-state index in [1.165, 1.54) is 0 Å². The summed E-state index contributed by atoms with van der Waals surface area (Å²) in [6, 6.07) is 15.5. The molecule has 1 heterocycles. The lowest BCUT2D eigenvalue weighted by Gasteiger charge is -2.07. The number of para-hydroxylation sites is 1. The fourth-order valence-electron chi connectivity index (χ4n) is 2.19. The molecule has 116 valence electrons.